The molecule has 2 amide bonds. The minimum atomic E-state index is -0.731. The van der Waals surface area contributed by atoms with Gasteiger partial charge in [-0.1, -0.05) is 44.4 Å². The zero-order chi connectivity index (χ0) is 21.5. The van der Waals surface area contributed by atoms with E-state index >= 15 is 0 Å². The Morgan fingerprint density at radius 1 is 1.10 bits per heavy atom. The summed E-state index contributed by atoms with van der Waals surface area (Å²) in [5.74, 6) is -1.06. The summed E-state index contributed by atoms with van der Waals surface area (Å²) in [7, 11) is 0. The number of primary amides is 1. The third kappa shape index (κ3) is 5.05. The van der Waals surface area contributed by atoms with Crippen molar-refractivity contribution < 1.29 is 19.1 Å². The summed E-state index contributed by atoms with van der Waals surface area (Å²) in [5, 5.41) is 14.9. The van der Waals surface area contributed by atoms with E-state index in [9.17, 15) is 14.7 Å². The van der Waals surface area contributed by atoms with Crippen molar-refractivity contribution in [1.29, 1.82) is 0 Å². The molecule has 0 spiro atoms. The molecule has 7 heteroatoms. The molecule has 2 aromatic carbocycles. The summed E-state index contributed by atoms with van der Waals surface area (Å²) in [6.45, 7) is 2.14. The smallest absolute Gasteiger partial charge is 0.271 e. The molecule has 0 aliphatic carbocycles. The molecule has 1 heterocycles. The number of amides is 2. The van der Waals surface area contributed by atoms with E-state index in [0.29, 0.717) is 16.5 Å². The molecule has 3 rings (SSSR count). The summed E-state index contributed by atoms with van der Waals surface area (Å²) in [5.41, 5.74) is 9.29. The number of aryl methyl sites for hydroxylation is 1. The number of rotatable bonds is 8. The van der Waals surface area contributed by atoms with E-state index in [1.807, 2.05) is 0 Å². The molecule has 0 bridgehead atoms. The maximum atomic E-state index is 12.2. The Labute approximate surface area is 174 Å². The predicted molar refractivity (Wildman–Crippen MR) is 114 cm³/mol. The Morgan fingerprint density at radius 3 is 2.57 bits per heavy atom. The number of hydrogen-bond acceptors (Lipinski definition) is 5. The van der Waals surface area contributed by atoms with Gasteiger partial charge in [-0.25, -0.2) is 5.43 Å². The average molecular weight is 407 g/mol. The third-order valence-electron chi connectivity index (χ3n) is 4.81. The van der Waals surface area contributed by atoms with Crippen molar-refractivity contribution in [2.45, 2.75) is 39.0 Å². The number of fused-ring (bicyclic) bond motifs is 1. The van der Waals surface area contributed by atoms with Crippen molar-refractivity contribution in [2.75, 3.05) is 0 Å². The largest absolute Gasteiger partial charge is 0.508 e. The van der Waals surface area contributed by atoms with Gasteiger partial charge in [-0.3, -0.25) is 9.59 Å². The number of phenolic OH excluding ortho intramolecular Hbond substituents is 1. The highest BCUT2D eigenvalue weighted by Crippen LogP contribution is 2.26. The lowest BCUT2D eigenvalue weighted by molar-refractivity contribution is 0.0946. The molecule has 0 saturated heterocycles. The molecule has 30 heavy (non-hydrogen) atoms. The molecule has 156 valence electrons. The van der Waals surface area contributed by atoms with Gasteiger partial charge in [0.2, 0.25) is 5.55 Å². The summed E-state index contributed by atoms with van der Waals surface area (Å²) >= 11 is 0. The molecule has 1 aromatic heterocycles. The number of phenols is 1. The van der Waals surface area contributed by atoms with E-state index in [0.717, 1.165) is 37.7 Å². The van der Waals surface area contributed by atoms with Crippen LogP contribution in [0, 0.1) is 0 Å². The van der Waals surface area contributed by atoms with E-state index in [4.69, 9.17) is 10.2 Å². The van der Waals surface area contributed by atoms with Gasteiger partial charge in [-0.2, -0.15) is 0 Å². The number of nitrogens with two attached hydrogens (primary N) is 1. The molecular weight excluding hydrogens is 382 g/mol. The number of nitrogens with zero attached hydrogens (tertiary/aromatic N) is 1. The minimum Gasteiger partial charge on any atom is -0.508 e. The lowest BCUT2D eigenvalue weighted by Gasteiger charge is -2.08. The van der Waals surface area contributed by atoms with Gasteiger partial charge in [-0.05, 0) is 42.7 Å². The summed E-state index contributed by atoms with van der Waals surface area (Å²) in [6.07, 6.45) is 5.06. The van der Waals surface area contributed by atoms with Crippen LogP contribution in [-0.4, -0.2) is 16.9 Å². The molecular formula is C23H25N3O4. The number of hydrogen-bond donors (Lipinski definition) is 3. The van der Waals surface area contributed by atoms with Gasteiger partial charge in [0.25, 0.3) is 11.8 Å². The van der Waals surface area contributed by atoms with E-state index in [2.05, 4.69) is 17.5 Å². The molecule has 0 radical (unpaired) electrons. The molecule has 4 N–H and O–H groups in total. The second-order valence-electron chi connectivity index (χ2n) is 7.08. The lowest BCUT2D eigenvalue weighted by atomic mass is 10.0. The fourth-order valence-electron chi connectivity index (χ4n) is 3.17. The second kappa shape index (κ2) is 9.73. The highest BCUT2D eigenvalue weighted by atomic mass is 16.3. The van der Waals surface area contributed by atoms with Crippen molar-refractivity contribution in [1.82, 2.24) is 5.43 Å². The summed E-state index contributed by atoms with van der Waals surface area (Å²) in [4.78, 5) is 24.1. The van der Waals surface area contributed by atoms with Gasteiger partial charge < -0.3 is 15.3 Å². The first-order chi connectivity index (χ1) is 14.5. The number of benzene rings is 2. The Balaban J connectivity index is 1.93. The van der Waals surface area contributed by atoms with E-state index < -0.39 is 11.8 Å². The quantitative estimate of drug-likeness (QED) is 0.390. The Bertz CT molecular complexity index is 1120. The van der Waals surface area contributed by atoms with Crippen LogP contribution in [0.4, 0.5) is 0 Å². The summed E-state index contributed by atoms with van der Waals surface area (Å²) < 4.78 is 5.68. The number of carbonyl (C=O) groups excluding carboxylic acids is 2. The number of unbranched alkanes of at least 4 members (excludes halogenated alkanes) is 3. The van der Waals surface area contributed by atoms with Crippen LogP contribution in [-0.2, 0) is 6.42 Å². The highest BCUT2D eigenvalue weighted by molar-refractivity contribution is 5.96. The molecule has 0 unspecified atom stereocenters. The fraction of sp³-hybridized carbons (Fsp3) is 0.261. The topological polar surface area (TPSA) is 118 Å². The Kier molecular flexibility index (Phi) is 6.85. The van der Waals surface area contributed by atoms with Crippen LogP contribution < -0.4 is 16.7 Å². The van der Waals surface area contributed by atoms with Crippen molar-refractivity contribution in [3.63, 3.8) is 0 Å². The van der Waals surface area contributed by atoms with Crippen LogP contribution in [0.3, 0.4) is 0 Å². The first-order valence-electron chi connectivity index (χ1n) is 9.98. The molecule has 0 aliphatic rings. The van der Waals surface area contributed by atoms with Gasteiger partial charge in [0, 0.05) is 17.0 Å². The van der Waals surface area contributed by atoms with Crippen LogP contribution in [0.5, 0.6) is 5.75 Å². The van der Waals surface area contributed by atoms with Gasteiger partial charge in [-0.15, -0.1) is 5.10 Å². The SMILES string of the molecule is CCCCCCc1cc2cc(C(N)=O)/c(=N\NC(=O)c3ccccc3)oc2cc1O. The van der Waals surface area contributed by atoms with Crippen LogP contribution >= 0.6 is 0 Å². The van der Waals surface area contributed by atoms with Crippen molar-refractivity contribution in [3.8, 4) is 5.75 Å². The third-order valence-corrected chi connectivity index (χ3v) is 4.81. The van der Waals surface area contributed by atoms with Gasteiger partial charge in [0.1, 0.15) is 16.9 Å². The van der Waals surface area contributed by atoms with Crippen LogP contribution in [0.25, 0.3) is 11.0 Å². The maximum Gasteiger partial charge on any atom is 0.271 e. The van der Waals surface area contributed by atoms with Gasteiger partial charge in [0.15, 0.2) is 0 Å². The number of aromatic hydroxyl groups is 1. The first kappa shape index (κ1) is 21.1. The van der Waals surface area contributed by atoms with E-state index in [1.54, 1.807) is 42.5 Å². The monoisotopic (exact) mass is 407 g/mol. The highest BCUT2D eigenvalue weighted by Gasteiger charge is 2.13. The van der Waals surface area contributed by atoms with E-state index in [-0.39, 0.29) is 16.9 Å². The normalized spacial score (nSPS) is 11.6. The number of nitrogens with one attached hydrogen (secondary N) is 1. The average Bonchev–Trinajstić information content (AvgIpc) is 2.75. The first-order valence-corrected chi connectivity index (χ1v) is 9.98. The van der Waals surface area contributed by atoms with Crippen molar-refractivity contribution >= 4 is 22.8 Å². The van der Waals surface area contributed by atoms with E-state index in [1.165, 1.54) is 6.07 Å². The second-order valence-corrected chi connectivity index (χ2v) is 7.08. The van der Waals surface area contributed by atoms with Crippen LogP contribution in [0.2, 0.25) is 0 Å². The maximum absolute atomic E-state index is 12.2. The minimum absolute atomic E-state index is 0.0403. The van der Waals surface area contributed by atoms with Crippen LogP contribution in [0.1, 0.15) is 58.9 Å². The summed E-state index contributed by atoms with van der Waals surface area (Å²) in [6, 6.07) is 13.4. The molecule has 0 fully saturated rings. The van der Waals surface area contributed by atoms with Gasteiger partial charge >= 0.3 is 0 Å². The zero-order valence-corrected chi connectivity index (χ0v) is 16.9. The molecule has 0 aliphatic heterocycles. The van der Waals surface area contributed by atoms with Crippen LogP contribution in [0.15, 0.2) is 58.0 Å². The zero-order valence-electron chi connectivity index (χ0n) is 16.9. The molecule has 0 saturated carbocycles. The number of carbonyl (C=O) groups is 2. The Morgan fingerprint density at radius 2 is 1.87 bits per heavy atom. The van der Waals surface area contributed by atoms with Gasteiger partial charge in [0.05, 0.1) is 0 Å². The lowest BCUT2D eigenvalue weighted by Crippen LogP contribution is -2.27. The Hall–Kier alpha value is -3.61. The standard InChI is InChI=1S/C23H25N3O4/c1-2-3-4-6-11-16-12-17-13-18(21(24)28)23(30-20(17)14-19(16)27)26-25-22(29)15-9-7-5-8-10-15/h5,7-10,12-14,27H,2-4,6,11H2,1H3,(H2,24,28)(H,25,29)/b26-23+. The molecule has 0 atom stereocenters. The predicted octanol–water partition coefficient (Wildman–Crippen LogP) is 3.61. The van der Waals surface area contributed by atoms with Crippen molar-refractivity contribution in [3.05, 3.63) is 70.8 Å². The van der Waals surface area contributed by atoms with Crippen molar-refractivity contribution in [2.24, 2.45) is 10.8 Å². The fourth-order valence-corrected chi connectivity index (χ4v) is 3.17. The molecule has 7 nitrogen and oxygen atoms in total. The molecule has 3 aromatic rings.